The largest absolute Gasteiger partial charge is 0.341 e. The van der Waals surface area contributed by atoms with E-state index in [4.69, 9.17) is 12.2 Å². The van der Waals surface area contributed by atoms with Crippen LogP contribution in [0, 0.1) is 5.82 Å². The van der Waals surface area contributed by atoms with E-state index in [9.17, 15) is 12.8 Å². The molecule has 2 aromatic carbocycles. The van der Waals surface area contributed by atoms with Crippen LogP contribution in [0.3, 0.4) is 0 Å². The average Bonchev–Trinajstić information content (AvgIpc) is 2.95. The molecule has 1 atom stereocenters. The van der Waals surface area contributed by atoms with E-state index in [0.717, 1.165) is 5.56 Å². The van der Waals surface area contributed by atoms with Gasteiger partial charge in [-0.3, -0.25) is 0 Å². The van der Waals surface area contributed by atoms with E-state index in [1.165, 1.54) is 12.1 Å². The number of thiocarbonyl (C=S) groups is 1. The Bertz CT molecular complexity index is 839. The van der Waals surface area contributed by atoms with E-state index in [1.54, 1.807) is 12.1 Å². The summed E-state index contributed by atoms with van der Waals surface area (Å²) < 4.78 is 36.8. The van der Waals surface area contributed by atoms with Crippen molar-refractivity contribution in [2.45, 2.75) is 19.0 Å². The Morgan fingerprint density at radius 2 is 1.84 bits per heavy atom. The summed E-state index contributed by atoms with van der Waals surface area (Å²) >= 11 is 5.53. The van der Waals surface area contributed by atoms with Gasteiger partial charge >= 0.3 is 0 Å². The van der Waals surface area contributed by atoms with Gasteiger partial charge in [0.15, 0.2) is 14.9 Å². The molecule has 132 valence electrons. The highest BCUT2D eigenvalue weighted by molar-refractivity contribution is 7.91. The van der Waals surface area contributed by atoms with Crippen molar-refractivity contribution in [1.29, 1.82) is 0 Å². The first-order valence-corrected chi connectivity index (χ1v) is 10.2. The van der Waals surface area contributed by atoms with E-state index >= 15 is 0 Å². The molecule has 1 heterocycles. The maximum Gasteiger partial charge on any atom is 0.174 e. The molecule has 0 bridgehead atoms. The number of sulfone groups is 1. The molecule has 25 heavy (non-hydrogen) atoms. The highest BCUT2D eigenvalue weighted by Crippen LogP contribution is 2.21. The quantitative estimate of drug-likeness (QED) is 0.828. The second-order valence-electron chi connectivity index (χ2n) is 6.11. The first-order valence-electron chi connectivity index (χ1n) is 8.00. The van der Waals surface area contributed by atoms with Crippen molar-refractivity contribution in [3.63, 3.8) is 0 Å². The zero-order valence-corrected chi connectivity index (χ0v) is 15.2. The number of halogens is 1. The fraction of sp³-hybridized carbons (Fsp3) is 0.278. The van der Waals surface area contributed by atoms with Gasteiger partial charge in [-0.15, -0.1) is 0 Å². The Kier molecular flexibility index (Phi) is 5.34. The lowest BCUT2D eigenvalue weighted by Gasteiger charge is -2.31. The Labute approximate surface area is 152 Å². The van der Waals surface area contributed by atoms with Gasteiger partial charge in [-0.1, -0.05) is 30.3 Å². The zero-order chi connectivity index (χ0) is 17.9. The summed E-state index contributed by atoms with van der Waals surface area (Å²) in [7, 11) is -3.02. The molecule has 2 aromatic rings. The van der Waals surface area contributed by atoms with Crippen LogP contribution < -0.4 is 5.32 Å². The molecule has 1 saturated heterocycles. The molecule has 4 nitrogen and oxygen atoms in total. The molecule has 1 fully saturated rings. The van der Waals surface area contributed by atoms with Gasteiger partial charge in [0.25, 0.3) is 0 Å². The molecule has 1 aliphatic rings. The van der Waals surface area contributed by atoms with Crippen LogP contribution in [-0.4, -0.2) is 36.0 Å². The topological polar surface area (TPSA) is 49.4 Å². The van der Waals surface area contributed by atoms with E-state index in [2.05, 4.69) is 5.32 Å². The van der Waals surface area contributed by atoms with Gasteiger partial charge in [-0.05, 0) is 48.5 Å². The molecule has 0 aliphatic carbocycles. The van der Waals surface area contributed by atoms with Crippen molar-refractivity contribution in [2.75, 3.05) is 16.8 Å². The molecule has 0 saturated carbocycles. The maximum absolute atomic E-state index is 13.1. The SMILES string of the molecule is O=S1(=O)CC[C@@H](N(Cc2ccccc2)C(=S)Nc2ccc(F)cc2)C1. The zero-order valence-electron chi connectivity index (χ0n) is 13.6. The van der Waals surface area contributed by atoms with Crippen LogP contribution in [-0.2, 0) is 16.4 Å². The number of benzene rings is 2. The third-order valence-corrected chi connectivity index (χ3v) is 6.29. The van der Waals surface area contributed by atoms with Crippen molar-refractivity contribution < 1.29 is 12.8 Å². The average molecular weight is 378 g/mol. The van der Waals surface area contributed by atoms with Crippen LogP contribution in [0.2, 0.25) is 0 Å². The van der Waals surface area contributed by atoms with Gasteiger partial charge in [0.1, 0.15) is 5.82 Å². The molecule has 0 unspecified atom stereocenters. The van der Waals surface area contributed by atoms with Crippen LogP contribution in [0.4, 0.5) is 10.1 Å². The molecule has 1 aliphatic heterocycles. The van der Waals surface area contributed by atoms with Crippen LogP contribution in [0.5, 0.6) is 0 Å². The molecule has 7 heteroatoms. The second-order valence-corrected chi connectivity index (χ2v) is 8.72. The number of rotatable bonds is 4. The minimum Gasteiger partial charge on any atom is -0.341 e. The van der Waals surface area contributed by atoms with Gasteiger partial charge in [0.2, 0.25) is 0 Å². The lowest BCUT2D eigenvalue weighted by atomic mass is 10.1. The molecule has 0 radical (unpaired) electrons. The van der Waals surface area contributed by atoms with E-state index < -0.39 is 9.84 Å². The number of hydrogen-bond acceptors (Lipinski definition) is 3. The summed E-state index contributed by atoms with van der Waals surface area (Å²) in [5.74, 6) is -0.0350. The molecule has 0 aromatic heterocycles. The summed E-state index contributed by atoms with van der Waals surface area (Å²) in [5.41, 5.74) is 1.72. The summed E-state index contributed by atoms with van der Waals surface area (Å²) in [4.78, 5) is 1.92. The smallest absolute Gasteiger partial charge is 0.174 e. The van der Waals surface area contributed by atoms with Crippen LogP contribution in [0.1, 0.15) is 12.0 Å². The normalized spacial score (nSPS) is 18.7. The molecule has 3 rings (SSSR count). The van der Waals surface area contributed by atoms with Gasteiger partial charge in [-0.2, -0.15) is 0 Å². The number of anilines is 1. The van der Waals surface area contributed by atoms with Crippen molar-refractivity contribution >= 4 is 32.9 Å². The van der Waals surface area contributed by atoms with Crippen LogP contribution in [0.15, 0.2) is 54.6 Å². The lowest BCUT2D eigenvalue weighted by molar-refractivity contribution is 0.332. The first kappa shape index (κ1) is 17.8. The van der Waals surface area contributed by atoms with Crippen LogP contribution >= 0.6 is 12.2 Å². The number of hydrogen-bond donors (Lipinski definition) is 1. The highest BCUT2D eigenvalue weighted by atomic mass is 32.2. The Hall–Kier alpha value is -1.99. The monoisotopic (exact) mass is 378 g/mol. The standard InChI is InChI=1S/C18H19FN2O2S2/c19-15-6-8-16(9-7-15)20-18(24)21(12-14-4-2-1-3-5-14)17-10-11-25(22,23)13-17/h1-9,17H,10-13H2,(H,20,24)/t17-/m1/s1. The fourth-order valence-electron chi connectivity index (χ4n) is 2.90. The number of nitrogens with one attached hydrogen (secondary N) is 1. The van der Waals surface area contributed by atoms with E-state index in [0.29, 0.717) is 23.8 Å². The van der Waals surface area contributed by atoms with Gasteiger partial charge in [-0.25, -0.2) is 12.8 Å². The molecule has 0 amide bonds. The van der Waals surface area contributed by atoms with Crippen LogP contribution in [0.25, 0.3) is 0 Å². The Morgan fingerprint density at radius 1 is 1.16 bits per heavy atom. The van der Waals surface area contributed by atoms with E-state index in [-0.39, 0.29) is 23.4 Å². The third kappa shape index (κ3) is 4.76. The van der Waals surface area contributed by atoms with Crippen molar-refractivity contribution in [2.24, 2.45) is 0 Å². The summed E-state index contributed by atoms with van der Waals surface area (Å²) in [6, 6.07) is 15.5. The lowest BCUT2D eigenvalue weighted by Crippen LogP contribution is -2.42. The van der Waals surface area contributed by atoms with E-state index in [1.807, 2.05) is 35.2 Å². The third-order valence-electron chi connectivity index (χ3n) is 4.20. The first-order chi connectivity index (χ1) is 11.9. The van der Waals surface area contributed by atoms with Crippen molar-refractivity contribution in [3.05, 3.63) is 66.0 Å². The predicted octanol–water partition coefficient (Wildman–Crippen LogP) is 3.21. The Balaban J connectivity index is 1.79. The second kappa shape index (κ2) is 7.49. The van der Waals surface area contributed by atoms with Gasteiger partial charge < -0.3 is 10.2 Å². The maximum atomic E-state index is 13.1. The highest BCUT2D eigenvalue weighted by Gasteiger charge is 2.33. The van der Waals surface area contributed by atoms with Gasteiger partial charge in [0, 0.05) is 18.3 Å². The Morgan fingerprint density at radius 3 is 2.44 bits per heavy atom. The fourth-order valence-corrected chi connectivity index (χ4v) is 4.96. The summed E-state index contributed by atoms with van der Waals surface area (Å²) in [6.07, 6.45) is 0.556. The van der Waals surface area contributed by atoms with Crippen molar-refractivity contribution in [3.8, 4) is 0 Å². The molecular weight excluding hydrogens is 359 g/mol. The molecule has 1 N–H and O–H groups in total. The van der Waals surface area contributed by atoms with Gasteiger partial charge in [0.05, 0.1) is 11.5 Å². The minimum atomic E-state index is -3.02. The predicted molar refractivity (Wildman–Crippen MR) is 102 cm³/mol. The minimum absolute atomic E-state index is 0.102. The molecular formula is C18H19FN2O2S2. The summed E-state index contributed by atoms with van der Waals surface area (Å²) in [5, 5.41) is 3.53. The number of nitrogens with zero attached hydrogens (tertiary/aromatic N) is 1. The molecule has 0 spiro atoms. The van der Waals surface area contributed by atoms with Crippen molar-refractivity contribution in [1.82, 2.24) is 4.90 Å². The summed E-state index contributed by atoms with van der Waals surface area (Å²) in [6.45, 7) is 0.522.